The zero-order valence-corrected chi connectivity index (χ0v) is 41.1. The van der Waals surface area contributed by atoms with E-state index in [0.29, 0.717) is 0 Å². The molecular weight excluding hydrogens is 1240 g/mol. The molecule has 0 saturated heterocycles. The number of pyridine rings is 1. The largest absolute Gasteiger partial charge is 0.416 e. The van der Waals surface area contributed by atoms with Crippen molar-refractivity contribution in [1.82, 2.24) is 0 Å². The summed E-state index contributed by atoms with van der Waals surface area (Å²) in [5.41, 5.74) is -26.5. The Morgan fingerprint density at radius 2 is 0.615 bits per heavy atom. The van der Waals surface area contributed by atoms with Crippen molar-refractivity contribution in [1.29, 1.82) is 0 Å². The summed E-state index contributed by atoms with van der Waals surface area (Å²) in [6.45, 7) is 0.849. The Kier molecular flexibility index (Phi) is 16.8. The lowest BCUT2D eigenvalue weighted by molar-refractivity contribution is -0.664. The third-order valence-corrected chi connectivity index (χ3v) is 12.3. The second-order valence-corrected chi connectivity index (χ2v) is 19.8. The topological polar surface area (TPSA) is 3.88 Å². The molecule has 1 heterocycles. The van der Waals surface area contributed by atoms with E-state index in [0.717, 1.165) is 15.6 Å². The normalized spacial score (nSPS) is 13.3. The number of nitrogens with zero attached hydrogens (tertiary/aromatic N) is 1. The molecule has 0 aliphatic heterocycles. The monoisotopic (exact) mass is 1270 g/mol. The first-order valence-corrected chi connectivity index (χ1v) is 22.9. The van der Waals surface area contributed by atoms with Crippen LogP contribution in [0.3, 0.4) is 0 Å². The van der Waals surface area contributed by atoms with Gasteiger partial charge in [0.25, 0.3) is 0 Å². The average Bonchev–Trinajstić information content (AvgIpc) is 3.30. The van der Waals surface area contributed by atoms with Crippen LogP contribution in [0.5, 0.6) is 0 Å². The third kappa shape index (κ3) is 14.0. The SMILES string of the molecule is BrC(Br)=Cc1ccc2ccccc2[n+]1Cc1ccccc1.FC(F)(F)c1cc([B-](c2cc(C(F)(F)F)cc(C(F)(F)F)c2)(c2cc(C(F)(F)F)cc(C(F)(F)F)c2)c2cc(C(F)(F)F)cc(C(F)(F)F)c2)cc(C(F)(F)F)c1. The van der Waals surface area contributed by atoms with E-state index >= 15 is 0 Å². The van der Waals surface area contributed by atoms with Gasteiger partial charge in [-0.2, -0.15) is 132 Å². The van der Waals surface area contributed by atoms with Crippen LogP contribution in [-0.4, -0.2) is 6.15 Å². The Labute approximate surface area is 440 Å². The standard InChI is InChI=1S/C32H12BF24.C18H14Br2N/c34-25(35,36)13-1-14(26(37,38)39)6-21(5-13)33(22-7-15(27(40,41)42)2-16(8-22)28(43,44)45,23-9-17(29(46,47)48)3-18(10-23)30(49,50)51)24-11-19(31(52,53)54)4-20(12-24)32(55,56)57;19-18(20)12-16-11-10-15-8-4-5-9-17(15)21(16)13-14-6-2-1-3-7-14/h1-12H;1-12H,13H2/q-1;+1. The van der Waals surface area contributed by atoms with Gasteiger partial charge in [0.2, 0.25) is 11.2 Å². The highest BCUT2D eigenvalue weighted by molar-refractivity contribution is 9.28. The number of benzene rings is 6. The van der Waals surface area contributed by atoms with Crippen LogP contribution in [0, 0.1) is 0 Å². The summed E-state index contributed by atoms with van der Waals surface area (Å²) in [7, 11) is 0. The molecule has 0 atom stereocenters. The highest BCUT2D eigenvalue weighted by Crippen LogP contribution is 2.41. The molecule has 28 heteroatoms. The van der Waals surface area contributed by atoms with Crippen LogP contribution in [0.1, 0.15) is 55.8 Å². The van der Waals surface area contributed by atoms with E-state index in [4.69, 9.17) is 0 Å². The third-order valence-electron chi connectivity index (χ3n) is 11.9. The van der Waals surface area contributed by atoms with Gasteiger partial charge in [-0.1, -0.05) is 91.0 Å². The zero-order chi connectivity index (χ0) is 58.6. The smallest absolute Gasteiger partial charge is 0.194 e. The van der Waals surface area contributed by atoms with E-state index in [1.807, 2.05) is 6.07 Å². The van der Waals surface area contributed by atoms with E-state index in [-0.39, 0.29) is 0 Å². The van der Waals surface area contributed by atoms with Gasteiger partial charge in [0.05, 0.1) is 47.9 Å². The van der Waals surface area contributed by atoms with E-state index in [1.165, 1.54) is 16.5 Å². The van der Waals surface area contributed by atoms with Crippen molar-refractivity contribution >= 4 is 76.8 Å². The van der Waals surface area contributed by atoms with Crippen LogP contribution in [0.25, 0.3) is 17.0 Å². The first-order chi connectivity index (χ1) is 35.5. The lowest BCUT2D eigenvalue weighted by Crippen LogP contribution is -2.75. The number of aromatic nitrogens is 1. The first-order valence-electron chi connectivity index (χ1n) is 21.3. The molecular formula is C50H26BBr2F24N. The van der Waals surface area contributed by atoms with Crippen LogP contribution < -0.4 is 26.4 Å². The molecule has 416 valence electrons. The summed E-state index contributed by atoms with van der Waals surface area (Å²) in [6.07, 6.45) is -52.7. The summed E-state index contributed by atoms with van der Waals surface area (Å²) < 4.78 is 344. The van der Waals surface area contributed by atoms with E-state index in [9.17, 15) is 105 Å². The molecule has 0 aliphatic carbocycles. The predicted molar refractivity (Wildman–Crippen MR) is 246 cm³/mol. The van der Waals surface area contributed by atoms with Gasteiger partial charge in [0.15, 0.2) is 6.54 Å². The lowest BCUT2D eigenvalue weighted by Gasteiger charge is -2.46. The Morgan fingerprint density at radius 3 is 0.885 bits per heavy atom. The molecule has 1 nitrogen and oxygen atoms in total. The molecule has 0 unspecified atom stereocenters. The fraction of sp³-hybridized carbons (Fsp3) is 0.180. The van der Waals surface area contributed by atoms with Crippen LogP contribution in [-0.2, 0) is 56.0 Å². The van der Waals surface area contributed by atoms with Crippen molar-refractivity contribution in [3.8, 4) is 0 Å². The maximum absolute atomic E-state index is 14.2. The van der Waals surface area contributed by atoms with Crippen LogP contribution >= 0.6 is 31.9 Å². The molecule has 6 aromatic carbocycles. The minimum Gasteiger partial charge on any atom is -0.194 e. The fourth-order valence-corrected chi connectivity index (χ4v) is 9.00. The molecule has 0 spiro atoms. The van der Waals surface area contributed by atoms with Gasteiger partial charge in [-0.05, 0) is 68.3 Å². The maximum Gasteiger partial charge on any atom is 0.416 e. The predicted octanol–water partition coefficient (Wildman–Crippen LogP) is 16.5. The Morgan fingerprint density at radius 1 is 0.346 bits per heavy atom. The van der Waals surface area contributed by atoms with E-state index < -0.39 is 195 Å². The van der Waals surface area contributed by atoms with Crippen molar-refractivity contribution in [2.75, 3.05) is 0 Å². The van der Waals surface area contributed by atoms with E-state index in [2.05, 4.69) is 103 Å². The zero-order valence-electron chi connectivity index (χ0n) is 37.9. The maximum atomic E-state index is 14.2. The van der Waals surface area contributed by atoms with Crippen molar-refractivity contribution in [2.45, 2.75) is 56.0 Å². The van der Waals surface area contributed by atoms with Gasteiger partial charge in [0, 0.05) is 29.2 Å². The molecule has 0 saturated carbocycles. The summed E-state index contributed by atoms with van der Waals surface area (Å²) in [6, 6.07) is 14.5. The molecule has 1 aromatic heterocycles. The minimum absolute atomic E-state index is 0.691. The molecule has 7 aromatic rings. The Balaban J connectivity index is 0.000000387. The van der Waals surface area contributed by atoms with Crippen LogP contribution in [0.2, 0.25) is 0 Å². The van der Waals surface area contributed by atoms with Crippen molar-refractivity contribution in [3.63, 3.8) is 0 Å². The van der Waals surface area contributed by atoms with Gasteiger partial charge < -0.3 is 0 Å². The minimum atomic E-state index is -6.13. The van der Waals surface area contributed by atoms with Gasteiger partial charge in [-0.15, -0.1) is 0 Å². The highest BCUT2D eigenvalue weighted by Gasteiger charge is 2.47. The molecule has 0 fully saturated rings. The number of fused-ring (bicyclic) bond motifs is 1. The quantitative estimate of drug-likeness (QED) is 0.0851. The molecule has 0 radical (unpaired) electrons. The fourth-order valence-electron chi connectivity index (χ4n) is 8.53. The molecule has 0 bridgehead atoms. The number of hydrogen-bond acceptors (Lipinski definition) is 0. The average molecular weight is 1270 g/mol. The summed E-state index contributed by atoms with van der Waals surface area (Å²) in [4.78, 5) is 0. The molecule has 0 N–H and O–H groups in total. The van der Waals surface area contributed by atoms with Gasteiger partial charge in [0.1, 0.15) is 6.15 Å². The Hall–Kier alpha value is -6.19. The second kappa shape index (κ2) is 21.5. The van der Waals surface area contributed by atoms with Gasteiger partial charge in [-0.3, -0.25) is 0 Å². The Bertz CT molecular complexity index is 2900. The number of hydrogen-bond donors (Lipinski definition) is 0. The highest BCUT2D eigenvalue weighted by atomic mass is 79.9. The van der Waals surface area contributed by atoms with Crippen LogP contribution in [0.15, 0.2) is 143 Å². The molecule has 78 heavy (non-hydrogen) atoms. The lowest BCUT2D eigenvalue weighted by atomic mass is 9.12. The van der Waals surface area contributed by atoms with Crippen molar-refractivity contribution < 1.29 is 110 Å². The molecule has 0 aliphatic rings. The number of halogens is 26. The van der Waals surface area contributed by atoms with Crippen molar-refractivity contribution in [3.05, 3.63) is 199 Å². The van der Waals surface area contributed by atoms with Gasteiger partial charge in [-0.25, -0.2) is 0 Å². The van der Waals surface area contributed by atoms with Crippen molar-refractivity contribution in [2.24, 2.45) is 0 Å². The number of para-hydroxylation sites is 1. The molecule has 7 rings (SSSR count). The van der Waals surface area contributed by atoms with Crippen LogP contribution in [0.4, 0.5) is 105 Å². The molecule has 0 amide bonds. The van der Waals surface area contributed by atoms with Gasteiger partial charge >= 0.3 is 49.4 Å². The summed E-state index contributed by atoms with van der Waals surface area (Å²) >= 11 is 6.92. The number of rotatable bonds is 7. The second-order valence-electron chi connectivity index (χ2n) is 17.0. The van der Waals surface area contributed by atoms with E-state index in [1.54, 1.807) is 0 Å². The first kappa shape index (κ1) is 61.0. The summed E-state index contributed by atoms with van der Waals surface area (Å²) in [5.74, 6) is 0. The number of alkyl halides is 24. The summed E-state index contributed by atoms with van der Waals surface area (Å²) in [5, 5.41) is 1.25.